The molecule has 1 fully saturated rings. The third-order valence-electron chi connectivity index (χ3n) is 7.32. The minimum absolute atomic E-state index is 0.0481. The maximum absolute atomic E-state index is 10.5. The van der Waals surface area contributed by atoms with Gasteiger partial charge in [0, 0.05) is 29.1 Å². The number of nitrogens with zero attached hydrogens (tertiary/aromatic N) is 5. The maximum atomic E-state index is 10.5. The average Bonchev–Trinajstić information content (AvgIpc) is 3.31. The van der Waals surface area contributed by atoms with Gasteiger partial charge in [0.05, 0.1) is 18.4 Å². The first-order valence-corrected chi connectivity index (χ1v) is 14.3. The van der Waals surface area contributed by atoms with Gasteiger partial charge in [-0.25, -0.2) is 4.52 Å². The van der Waals surface area contributed by atoms with Crippen molar-refractivity contribution in [2.45, 2.75) is 83.7 Å². The maximum Gasteiger partial charge on any atom is 0.192 e. The number of hydrogen-bond donors (Lipinski definition) is 1. The largest absolute Gasteiger partial charge is 0.506 e. The van der Waals surface area contributed by atoms with Crippen LogP contribution in [0.15, 0.2) is 24.7 Å². The summed E-state index contributed by atoms with van der Waals surface area (Å²) in [4.78, 5) is 0. The van der Waals surface area contributed by atoms with E-state index in [4.69, 9.17) is 9.52 Å². The molecule has 0 aliphatic heterocycles. The van der Waals surface area contributed by atoms with Crippen molar-refractivity contribution in [3.63, 3.8) is 0 Å². The lowest BCUT2D eigenvalue weighted by atomic mass is 9.93. The van der Waals surface area contributed by atoms with E-state index in [0.717, 1.165) is 42.5 Å². The van der Waals surface area contributed by atoms with Gasteiger partial charge in [-0.2, -0.15) is 15.5 Å². The second-order valence-electron chi connectivity index (χ2n) is 10.5. The summed E-state index contributed by atoms with van der Waals surface area (Å²) in [6.07, 6.45) is 9.74. The quantitative estimate of drug-likeness (QED) is 0.522. The lowest BCUT2D eigenvalue weighted by Crippen LogP contribution is -2.44. The van der Waals surface area contributed by atoms with Crippen molar-refractivity contribution in [1.82, 2.24) is 19.4 Å². The van der Waals surface area contributed by atoms with Gasteiger partial charge in [-0.05, 0) is 56.8 Å². The highest BCUT2D eigenvalue weighted by molar-refractivity contribution is 6.74. The molecule has 0 bridgehead atoms. The number of pyridine rings is 1. The first-order valence-electron chi connectivity index (χ1n) is 11.3. The Morgan fingerprint density at radius 3 is 2.47 bits per heavy atom. The number of fused-ring (bicyclic) bond motifs is 1. The Morgan fingerprint density at radius 1 is 1.16 bits per heavy atom. The summed E-state index contributed by atoms with van der Waals surface area (Å²) in [5, 5.41) is 28.9. The Hall–Kier alpha value is -2.63. The second-order valence-corrected chi connectivity index (χ2v) is 15.2. The van der Waals surface area contributed by atoms with Gasteiger partial charge in [-0.15, -0.1) is 0 Å². The standard InChI is InChI=1S/C24H33N5O2Si/c1-16-21(17-11-22(30)23-18(12-25)13-26-28(23)15-17)14-27-29(16)19-7-9-20(10-8-19)31-32(5,6)24(2,3)4/h11,13-15,19-20,30H,7-10H2,1-6H3. The van der Waals surface area contributed by atoms with E-state index in [1.165, 1.54) is 6.20 Å². The number of nitriles is 1. The molecule has 0 aromatic carbocycles. The van der Waals surface area contributed by atoms with Gasteiger partial charge in [0.25, 0.3) is 0 Å². The third kappa shape index (κ3) is 3.95. The highest BCUT2D eigenvalue weighted by atomic mass is 28.4. The Balaban J connectivity index is 1.51. The van der Waals surface area contributed by atoms with Gasteiger partial charge in [-0.1, -0.05) is 20.8 Å². The first-order chi connectivity index (χ1) is 15.0. The van der Waals surface area contributed by atoms with Crippen LogP contribution in [-0.4, -0.2) is 38.9 Å². The van der Waals surface area contributed by atoms with E-state index in [-0.39, 0.29) is 10.8 Å². The molecule has 0 unspecified atom stereocenters. The summed E-state index contributed by atoms with van der Waals surface area (Å²) in [5.41, 5.74) is 3.67. The zero-order valence-corrected chi connectivity index (χ0v) is 20.9. The second kappa shape index (κ2) is 8.05. The molecule has 1 saturated carbocycles. The zero-order chi connectivity index (χ0) is 23.3. The van der Waals surface area contributed by atoms with Gasteiger partial charge in [-0.3, -0.25) is 4.68 Å². The lowest BCUT2D eigenvalue weighted by molar-refractivity contribution is 0.115. The molecule has 7 nitrogen and oxygen atoms in total. The number of aromatic hydroxyl groups is 1. The fourth-order valence-electron chi connectivity index (χ4n) is 4.41. The molecule has 0 amide bonds. The first kappa shape index (κ1) is 22.6. The Kier molecular flexibility index (Phi) is 5.68. The van der Waals surface area contributed by atoms with Gasteiger partial charge < -0.3 is 9.53 Å². The summed E-state index contributed by atoms with van der Waals surface area (Å²) < 4.78 is 10.3. The fourth-order valence-corrected chi connectivity index (χ4v) is 5.83. The average molecular weight is 452 g/mol. The van der Waals surface area contributed by atoms with Crippen molar-refractivity contribution in [2.24, 2.45) is 0 Å². The van der Waals surface area contributed by atoms with E-state index in [1.807, 2.05) is 12.4 Å². The molecule has 3 aromatic rings. The summed E-state index contributed by atoms with van der Waals surface area (Å²) >= 11 is 0. The highest BCUT2D eigenvalue weighted by Gasteiger charge is 2.40. The van der Waals surface area contributed by atoms with E-state index < -0.39 is 8.32 Å². The number of hydrogen-bond acceptors (Lipinski definition) is 5. The SMILES string of the molecule is Cc1c(-c2cc(O)c3c(C#N)cnn3c2)cnn1C1CCC(O[Si](C)(C)C(C)(C)C)CC1. The van der Waals surface area contributed by atoms with E-state index in [2.05, 4.69) is 56.6 Å². The zero-order valence-electron chi connectivity index (χ0n) is 19.9. The summed E-state index contributed by atoms with van der Waals surface area (Å²) in [5.74, 6) is 0.0481. The van der Waals surface area contributed by atoms with Crippen LogP contribution in [-0.2, 0) is 4.43 Å². The predicted octanol–water partition coefficient (Wildman–Crippen LogP) is 5.59. The number of aromatic nitrogens is 4. The smallest absolute Gasteiger partial charge is 0.192 e. The van der Waals surface area contributed by atoms with E-state index in [0.29, 0.717) is 23.2 Å². The van der Waals surface area contributed by atoms with Crippen molar-refractivity contribution < 1.29 is 9.53 Å². The van der Waals surface area contributed by atoms with E-state index >= 15 is 0 Å². The van der Waals surface area contributed by atoms with Crippen molar-refractivity contribution in [2.75, 3.05) is 0 Å². The van der Waals surface area contributed by atoms with Gasteiger partial charge in [0.1, 0.15) is 22.9 Å². The summed E-state index contributed by atoms with van der Waals surface area (Å²) in [7, 11) is -1.75. The Morgan fingerprint density at radius 2 is 1.84 bits per heavy atom. The topological polar surface area (TPSA) is 88.4 Å². The van der Waals surface area contributed by atoms with Gasteiger partial charge in [0.2, 0.25) is 0 Å². The van der Waals surface area contributed by atoms with Crippen molar-refractivity contribution in [3.05, 3.63) is 35.9 Å². The van der Waals surface area contributed by atoms with Crippen LogP contribution in [0.1, 0.15) is 63.8 Å². The van der Waals surface area contributed by atoms with Crippen molar-refractivity contribution in [3.8, 4) is 22.9 Å². The highest BCUT2D eigenvalue weighted by Crippen LogP contribution is 2.41. The normalized spacial score (nSPS) is 19.9. The van der Waals surface area contributed by atoms with Crippen LogP contribution in [0.5, 0.6) is 5.75 Å². The molecule has 4 rings (SSSR count). The molecular formula is C24H33N5O2Si. The summed E-state index contributed by atoms with van der Waals surface area (Å²) in [6, 6.07) is 4.11. The van der Waals surface area contributed by atoms with Crippen molar-refractivity contribution >= 4 is 13.8 Å². The van der Waals surface area contributed by atoms with Crippen molar-refractivity contribution in [1.29, 1.82) is 5.26 Å². The fraction of sp³-hybridized carbons (Fsp3) is 0.542. The molecule has 32 heavy (non-hydrogen) atoms. The Labute approximate surface area is 190 Å². The molecule has 0 atom stereocenters. The summed E-state index contributed by atoms with van der Waals surface area (Å²) in [6.45, 7) is 13.6. The molecule has 8 heteroatoms. The third-order valence-corrected chi connectivity index (χ3v) is 11.9. The molecule has 3 aromatic heterocycles. The molecule has 1 aliphatic carbocycles. The van der Waals surface area contributed by atoms with Crippen LogP contribution in [0.4, 0.5) is 0 Å². The van der Waals surface area contributed by atoms with Crippen LogP contribution in [0, 0.1) is 18.3 Å². The molecule has 0 spiro atoms. The van der Waals surface area contributed by atoms with Gasteiger partial charge in [0.15, 0.2) is 8.32 Å². The van der Waals surface area contributed by atoms with Crippen LogP contribution < -0.4 is 0 Å². The van der Waals surface area contributed by atoms with E-state index in [1.54, 1.807) is 10.6 Å². The minimum Gasteiger partial charge on any atom is -0.506 e. The molecule has 170 valence electrons. The van der Waals surface area contributed by atoms with Crippen LogP contribution in [0.2, 0.25) is 18.1 Å². The monoisotopic (exact) mass is 451 g/mol. The van der Waals surface area contributed by atoms with Gasteiger partial charge >= 0.3 is 0 Å². The number of rotatable bonds is 4. The van der Waals surface area contributed by atoms with Crippen LogP contribution in [0.3, 0.4) is 0 Å². The molecule has 1 aliphatic rings. The van der Waals surface area contributed by atoms with Crippen LogP contribution in [0.25, 0.3) is 16.6 Å². The molecule has 0 saturated heterocycles. The Bertz CT molecular complexity index is 1170. The van der Waals surface area contributed by atoms with Crippen LogP contribution >= 0.6 is 0 Å². The molecule has 3 heterocycles. The predicted molar refractivity (Wildman–Crippen MR) is 127 cm³/mol. The van der Waals surface area contributed by atoms with E-state index in [9.17, 15) is 10.4 Å². The molecule has 1 N–H and O–H groups in total. The molecule has 0 radical (unpaired) electrons. The lowest BCUT2D eigenvalue weighted by Gasteiger charge is -2.41. The minimum atomic E-state index is -1.75. The molecular weight excluding hydrogens is 418 g/mol.